The molecular weight excluding hydrogens is 412 g/mol. The summed E-state index contributed by atoms with van der Waals surface area (Å²) in [5, 5.41) is 22.3. The maximum atomic E-state index is 13.3. The lowest BCUT2D eigenvalue weighted by molar-refractivity contribution is 0.142. The van der Waals surface area contributed by atoms with Crippen LogP contribution >= 0.6 is 0 Å². The third kappa shape index (κ3) is 4.62. The Labute approximate surface area is 195 Å². The molecule has 33 heavy (non-hydrogen) atoms. The number of benzene rings is 2. The van der Waals surface area contributed by atoms with E-state index in [0.717, 1.165) is 56.4 Å². The van der Waals surface area contributed by atoms with Crippen molar-refractivity contribution in [1.29, 1.82) is 5.26 Å². The number of rotatable bonds is 6. The number of amides is 2. The second-order valence-electron chi connectivity index (χ2n) is 9.91. The highest BCUT2D eigenvalue weighted by Crippen LogP contribution is 2.62. The predicted molar refractivity (Wildman–Crippen MR) is 128 cm³/mol. The lowest BCUT2D eigenvalue weighted by atomic mass is 9.80. The van der Waals surface area contributed by atoms with E-state index in [4.69, 9.17) is 0 Å². The minimum absolute atomic E-state index is 0.0365. The van der Waals surface area contributed by atoms with E-state index in [0.29, 0.717) is 19.0 Å². The molecule has 0 bridgehead atoms. The molecule has 5 rings (SSSR count). The number of likely N-dealkylation sites (tertiary alicyclic amines) is 1. The molecule has 2 aromatic rings. The fraction of sp³-hybridized carbons (Fsp3) is 0.481. The average Bonchev–Trinajstić information content (AvgIpc) is 3.44. The van der Waals surface area contributed by atoms with Crippen molar-refractivity contribution in [3.8, 4) is 6.07 Å². The van der Waals surface area contributed by atoms with Crippen LogP contribution in [0.2, 0.25) is 0 Å². The quantitative estimate of drug-likeness (QED) is 0.707. The van der Waals surface area contributed by atoms with E-state index < -0.39 is 0 Å². The zero-order valence-electron chi connectivity index (χ0n) is 19.0. The molecule has 3 fully saturated rings. The van der Waals surface area contributed by atoms with Crippen molar-refractivity contribution in [2.24, 2.45) is 5.92 Å². The molecule has 4 atom stereocenters. The first kappa shape index (κ1) is 21.9. The highest BCUT2D eigenvalue weighted by atomic mass is 16.3. The van der Waals surface area contributed by atoms with Gasteiger partial charge in [-0.1, -0.05) is 30.3 Å². The lowest BCUT2D eigenvalue weighted by Crippen LogP contribution is -2.48. The van der Waals surface area contributed by atoms with Gasteiger partial charge in [0.1, 0.15) is 0 Å². The maximum absolute atomic E-state index is 13.3. The number of carbonyl (C=O) groups is 1. The predicted octanol–water partition coefficient (Wildman–Crippen LogP) is 3.97. The van der Waals surface area contributed by atoms with E-state index in [-0.39, 0.29) is 23.6 Å². The smallest absolute Gasteiger partial charge is 0.322 e. The molecule has 2 aromatic carbocycles. The van der Waals surface area contributed by atoms with Crippen LogP contribution in [0.1, 0.15) is 43.2 Å². The lowest BCUT2D eigenvalue weighted by Gasteiger charge is -2.37. The molecule has 1 saturated heterocycles. The number of nitrogens with one attached hydrogen (secondary N) is 1. The Morgan fingerprint density at radius 2 is 2.06 bits per heavy atom. The van der Waals surface area contributed by atoms with Crippen molar-refractivity contribution in [2.75, 3.05) is 31.5 Å². The summed E-state index contributed by atoms with van der Waals surface area (Å²) in [6.45, 7) is 3.04. The Hall–Kier alpha value is -2.88. The fourth-order valence-corrected chi connectivity index (χ4v) is 5.98. The zero-order chi connectivity index (χ0) is 22.8. The molecule has 2 saturated carbocycles. The summed E-state index contributed by atoms with van der Waals surface area (Å²) in [6, 6.07) is 20.2. The topological polar surface area (TPSA) is 79.6 Å². The number of aliphatic hydroxyl groups excluding tert-OH is 1. The molecule has 6 nitrogen and oxygen atoms in total. The van der Waals surface area contributed by atoms with Gasteiger partial charge in [0.15, 0.2) is 0 Å². The van der Waals surface area contributed by atoms with Gasteiger partial charge in [0.05, 0.1) is 17.7 Å². The van der Waals surface area contributed by atoms with Crippen LogP contribution in [0.5, 0.6) is 0 Å². The number of anilines is 1. The van der Waals surface area contributed by atoms with Gasteiger partial charge < -0.3 is 15.3 Å². The standard InChI is InChI=1S/C27H32N4O2/c28-18-20-5-4-6-21(15-20)27-11-9-24(16-22(27)17-27)31(14-13-30-12-10-25(32)19-30)26(33)29-23-7-2-1-3-8-23/h1-8,15,22,24-25,32H,9-14,16-17,19H2,(H,29,33)/t22?,24-,25-,27-/m1/s1. The first-order valence-electron chi connectivity index (χ1n) is 12.1. The molecule has 2 amide bonds. The molecule has 1 unspecified atom stereocenters. The average molecular weight is 445 g/mol. The van der Waals surface area contributed by atoms with Crippen molar-refractivity contribution >= 4 is 11.7 Å². The maximum Gasteiger partial charge on any atom is 0.322 e. The number of urea groups is 1. The van der Waals surface area contributed by atoms with Gasteiger partial charge in [0, 0.05) is 37.9 Å². The molecule has 0 radical (unpaired) electrons. The summed E-state index contributed by atoms with van der Waals surface area (Å²) in [5.41, 5.74) is 3.01. The van der Waals surface area contributed by atoms with Crippen molar-refractivity contribution in [3.05, 3.63) is 65.7 Å². The second-order valence-corrected chi connectivity index (χ2v) is 9.91. The van der Waals surface area contributed by atoms with Crippen LogP contribution in [0.25, 0.3) is 0 Å². The van der Waals surface area contributed by atoms with Gasteiger partial charge in [0.25, 0.3) is 0 Å². The minimum Gasteiger partial charge on any atom is -0.392 e. The van der Waals surface area contributed by atoms with Gasteiger partial charge in [-0.15, -0.1) is 0 Å². The molecule has 0 aromatic heterocycles. The molecule has 3 aliphatic rings. The first-order valence-corrected chi connectivity index (χ1v) is 12.1. The molecule has 1 heterocycles. The summed E-state index contributed by atoms with van der Waals surface area (Å²) in [6.07, 6.45) is 4.73. The Bertz CT molecular complexity index is 1040. The van der Waals surface area contributed by atoms with Gasteiger partial charge in [-0.3, -0.25) is 4.90 Å². The van der Waals surface area contributed by atoms with Crippen LogP contribution in [0.4, 0.5) is 10.5 Å². The number of nitrogens with zero attached hydrogens (tertiary/aromatic N) is 3. The van der Waals surface area contributed by atoms with Crippen molar-refractivity contribution in [2.45, 2.75) is 49.7 Å². The number of fused-ring (bicyclic) bond motifs is 1. The minimum atomic E-state index is -0.248. The number of hydrogen-bond acceptors (Lipinski definition) is 4. The highest BCUT2D eigenvalue weighted by Gasteiger charge is 2.58. The number of hydrogen-bond donors (Lipinski definition) is 2. The van der Waals surface area contributed by atoms with Crippen molar-refractivity contribution in [3.63, 3.8) is 0 Å². The molecular formula is C27H32N4O2. The Morgan fingerprint density at radius 1 is 1.21 bits per heavy atom. The van der Waals surface area contributed by atoms with E-state index >= 15 is 0 Å². The molecule has 6 heteroatoms. The fourth-order valence-electron chi connectivity index (χ4n) is 5.98. The summed E-state index contributed by atoms with van der Waals surface area (Å²) < 4.78 is 0. The zero-order valence-corrected chi connectivity index (χ0v) is 19.0. The van der Waals surface area contributed by atoms with E-state index in [2.05, 4.69) is 28.4 Å². The normalized spacial score (nSPS) is 28.5. The van der Waals surface area contributed by atoms with Gasteiger partial charge >= 0.3 is 6.03 Å². The van der Waals surface area contributed by atoms with Crippen LogP contribution < -0.4 is 5.32 Å². The third-order valence-electron chi connectivity index (χ3n) is 7.91. The highest BCUT2D eigenvalue weighted by molar-refractivity contribution is 5.89. The Balaban J connectivity index is 1.28. The van der Waals surface area contributed by atoms with Crippen molar-refractivity contribution < 1.29 is 9.90 Å². The second kappa shape index (κ2) is 9.17. The summed E-state index contributed by atoms with van der Waals surface area (Å²) in [5.74, 6) is 0.561. The van der Waals surface area contributed by atoms with Crippen LogP contribution in [-0.2, 0) is 5.41 Å². The van der Waals surface area contributed by atoms with E-state index in [9.17, 15) is 15.2 Å². The first-order chi connectivity index (χ1) is 16.1. The molecule has 2 aliphatic carbocycles. The van der Waals surface area contributed by atoms with Gasteiger partial charge in [-0.05, 0) is 73.3 Å². The van der Waals surface area contributed by atoms with Crippen LogP contribution in [0.15, 0.2) is 54.6 Å². The van der Waals surface area contributed by atoms with E-state index in [1.807, 2.05) is 47.4 Å². The summed E-state index contributed by atoms with van der Waals surface area (Å²) >= 11 is 0. The molecule has 2 N–H and O–H groups in total. The van der Waals surface area contributed by atoms with Gasteiger partial charge in [-0.2, -0.15) is 5.26 Å². The number of β-amino-alcohol motifs (C(OH)–C–C–N with tert-alkyl or cyclic N) is 1. The van der Waals surface area contributed by atoms with Crippen molar-refractivity contribution in [1.82, 2.24) is 9.80 Å². The number of aliphatic hydroxyl groups is 1. The van der Waals surface area contributed by atoms with Gasteiger partial charge in [-0.25, -0.2) is 4.79 Å². The SMILES string of the molecule is N#Cc1cccc([C@]23CC[C@@H](N(CCN4CC[C@@H](O)C4)C(=O)Nc4ccccc4)CC2C3)c1. The summed E-state index contributed by atoms with van der Waals surface area (Å²) in [4.78, 5) is 17.6. The Kier molecular flexibility index (Phi) is 6.09. The Morgan fingerprint density at radius 3 is 2.79 bits per heavy atom. The largest absolute Gasteiger partial charge is 0.392 e. The number of carbonyl (C=O) groups excluding carboxylic acids is 1. The summed E-state index contributed by atoms with van der Waals surface area (Å²) in [7, 11) is 0. The number of nitriles is 1. The number of para-hydroxylation sites is 1. The van der Waals surface area contributed by atoms with E-state index in [1.54, 1.807) is 0 Å². The van der Waals surface area contributed by atoms with E-state index in [1.165, 1.54) is 5.56 Å². The van der Waals surface area contributed by atoms with Gasteiger partial charge in [0.2, 0.25) is 0 Å². The van der Waals surface area contributed by atoms with Crippen LogP contribution in [0.3, 0.4) is 0 Å². The van der Waals surface area contributed by atoms with Crippen LogP contribution in [-0.4, -0.2) is 59.3 Å². The molecule has 0 spiro atoms. The molecule has 1 aliphatic heterocycles. The monoisotopic (exact) mass is 444 g/mol. The molecule has 172 valence electrons. The van der Waals surface area contributed by atoms with Crippen LogP contribution in [0, 0.1) is 17.2 Å². The third-order valence-corrected chi connectivity index (χ3v) is 7.91.